The van der Waals surface area contributed by atoms with Crippen molar-refractivity contribution in [3.05, 3.63) is 138 Å². The third kappa shape index (κ3) is 13.6. The number of amidine groups is 1. The molecule has 0 aromatic heterocycles. The molecule has 4 rings (SSSR count). The molecule has 0 heterocycles. The van der Waals surface area contributed by atoms with Gasteiger partial charge in [-0.15, -0.1) is 0 Å². The Kier molecular flexibility index (Phi) is 15.0. The molecule has 0 aliphatic carbocycles. The van der Waals surface area contributed by atoms with Crippen LogP contribution in [-0.4, -0.2) is 68.2 Å². The highest BCUT2D eigenvalue weighted by molar-refractivity contribution is 6.03. The number of nitrogens with one attached hydrogen (secondary N) is 5. The Hall–Kier alpha value is -5.98. The molecule has 0 atom stereocenters. The van der Waals surface area contributed by atoms with Crippen LogP contribution in [0.1, 0.15) is 33.2 Å². The second-order valence-corrected chi connectivity index (χ2v) is 10.9. The number of aliphatic imine (C=N–C) groups is 2. The SMILES string of the molecule is C=C(NC(=NC(C)=NCCOCCOCCNC(=O)c1ccccc1)Nc1ccc(O)cc1)Nc1cccc(C(=O)NCc2ccccc2)c1. The first-order valence-electron chi connectivity index (χ1n) is 16.2. The molecule has 0 bridgehead atoms. The Morgan fingerprint density at radius 1 is 0.720 bits per heavy atom. The molecule has 4 aromatic carbocycles. The summed E-state index contributed by atoms with van der Waals surface area (Å²) in [5.74, 6) is 1.02. The summed E-state index contributed by atoms with van der Waals surface area (Å²) >= 11 is 0. The van der Waals surface area contributed by atoms with E-state index in [0.29, 0.717) is 86.2 Å². The van der Waals surface area contributed by atoms with E-state index in [0.717, 1.165) is 5.56 Å². The van der Waals surface area contributed by atoms with Crippen LogP contribution in [0.2, 0.25) is 0 Å². The van der Waals surface area contributed by atoms with Crippen LogP contribution in [0.25, 0.3) is 0 Å². The molecule has 50 heavy (non-hydrogen) atoms. The average Bonchev–Trinajstić information content (AvgIpc) is 3.13. The maximum absolute atomic E-state index is 12.8. The largest absolute Gasteiger partial charge is 0.508 e. The molecule has 0 unspecified atom stereocenters. The maximum atomic E-state index is 12.8. The number of rotatable bonds is 17. The zero-order chi connectivity index (χ0) is 35.4. The molecule has 0 spiro atoms. The fourth-order valence-electron chi connectivity index (χ4n) is 4.45. The van der Waals surface area contributed by atoms with Crippen LogP contribution in [0.4, 0.5) is 11.4 Å². The van der Waals surface area contributed by atoms with Crippen LogP contribution in [0.3, 0.4) is 0 Å². The van der Waals surface area contributed by atoms with Gasteiger partial charge in [0.25, 0.3) is 11.8 Å². The molecule has 4 aromatic rings. The van der Waals surface area contributed by atoms with Crippen molar-refractivity contribution in [3.8, 4) is 5.75 Å². The van der Waals surface area contributed by atoms with Crippen LogP contribution in [0.15, 0.2) is 132 Å². The van der Waals surface area contributed by atoms with Crippen molar-refractivity contribution in [2.24, 2.45) is 9.98 Å². The number of nitrogens with zero attached hydrogens (tertiary/aromatic N) is 2. The van der Waals surface area contributed by atoms with Gasteiger partial charge in [-0.3, -0.25) is 14.6 Å². The molecule has 6 N–H and O–H groups in total. The number of phenols is 1. The van der Waals surface area contributed by atoms with E-state index in [1.165, 1.54) is 0 Å². The van der Waals surface area contributed by atoms with E-state index < -0.39 is 0 Å². The number of hydrogen-bond acceptors (Lipinski definition) is 7. The summed E-state index contributed by atoms with van der Waals surface area (Å²) in [6, 6.07) is 32.4. The monoisotopic (exact) mass is 677 g/mol. The molecule has 0 aliphatic heterocycles. The van der Waals surface area contributed by atoms with Crippen LogP contribution in [0.5, 0.6) is 5.75 Å². The summed E-state index contributed by atoms with van der Waals surface area (Å²) in [5.41, 5.74) is 3.45. The lowest BCUT2D eigenvalue weighted by Crippen LogP contribution is -2.33. The Morgan fingerprint density at radius 2 is 1.38 bits per heavy atom. The number of carbonyl (C=O) groups is 2. The molecule has 0 fully saturated rings. The number of aromatic hydroxyl groups is 1. The third-order valence-electron chi connectivity index (χ3n) is 6.91. The quantitative estimate of drug-likeness (QED) is 0.0388. The highest BCUT2D eigenvalue weighted by Crippen LogP contribution is 2.15. The van der Waals surface area contributed by atoms with Crippen LogP contribution < -0.4 is 26.6 Å². The number of carbonyl (C=O) groups excluding carboxylic acids is 2. The summed E-state index contributed by atoms with van der Waals surface area (Å²) in [4.78, 5) is 33.9. The van der Waals surface area contributed by atoms with Gasteiger partial charge in [-0.1, -0.05) is 61.2 Å². The second-order valence-electron chi connectivity index (χ2n) is 10.9. The van der Waals surface area contributed by atoms with Gasteiger partial charge in [0.1, 0.15) is 17.4 Å². The van der Waals surface area contributed by atoms with Crippen molar-refractivity contribution in [1.29, 1.82) is 0 Å². The van der Waals surface area contributed by atoms with Crippen LogP contribution >= 0.6 is 0 Å². The summed E-state index contributed by atoms with van der Waals surface area (Å²) in [5, 5.41) is 24.9. The summed E-state index contributed by atoms with van der Waals surface area (Å²) in [7, 11) is 0. The predicted molar refractivity (Wildman–Crippen MR) is 198 cm³/mol. The third-order valence-corrected chi connectivity index (χ3v) is 6.91. The lowest BCUT2D eigenvalue weighted by Gasteiger charge is -2.16. The molecule has 0 saturated carbocycles. The minimum atomic E-state index is -0.194. The number of ether oxygens (including phenoxy) is 2. The summed E-state index contributed by atoms with van der Waals surface area (Å²) in [6.07, 6.45) is 0. The van der Waals surface area contributed by atoms with Gasteiger partial charge in [-0.05, 0) is 67.1 Å². The minimum Gasteiger partial charge on any atom is -0.508 e. The zero-order valence-electron chi connectivity index (χ0n) is 28.0. The molecule has 260 valence electrons. The first-order chi connectivity index (χ1) is 24.4. The van der Waals surface area contributed by atoms with Crippen LogP contribution in [-0.2, 0) is 16.0 Å². The summed E-state index contributed by atoms with van der Waals surface area (Å²) < 4.78 is 11.1. The van der Waals surface area contributed by atoms with Gasteiger partial charge in [0, 0.05) is 35.6 Å². The van der Waals surface area contributed by atoms with E-state index in [9.17, 15) is 14.7 Å². The van der Waals surface area contributed by atoms with E-state index in [-0.39, 0.29) is 17.6 Å². The number of anilines is 2. The maximum Gasteiger partial charge on any atom is 0.251 e. The number of guanidine groups is 1. The van der Waals surface area contributed by atoms with Gasteiger partial charge in [0.05, 0.1) is 33.0 Å². The molecular formula is C38H43N7O5. The molecule has 12 heteroatoms. The Bertz CT molecular complexity index is 1730. The Labute approximate surface area is 292 Å². The van der Waals surface area contributed by atoms with Crippen molar-refractivity contribution in [3.63, 3.8) is 0 Å². The molecule has 12 nitrogen and oxygen atoms in total. The number of benzene rings is 4. The molecule has 0 saturated heterocycles. The number of phenolic OH excluding ortho intramolecular Hbond substituents is 1. The smallest absolute Gasteiger partial charge is 0.251 e. The highest BCUT2D eigenvalue weighted by Gasteiger charge is 2.09. The number of hydrogen-bond donors (Lipinski definition) is 6. The van der Waals surface area contributed by atoms with Gasteiger partial charge < -0.3 is 41.2 Å². The fraction of sp³-hybridized carbons (Fsp3) is 0.211. The minimum absolute atomic E-state index is 0.135. The van der Waals surface area contributed by atoms with E-state index in [2.05, 4.69) is 43.1 Å². The van der Waals surface area contributed by atoms with Crippen molar-refractivity contribution in [2.45, 2.75) is 13.5 Å². The van der Waals surface area contributed by atoms with Gasteiger partial charge in [-0.25, -0.2) is 4.99 Å². The predicted octanol–water partition coefficient (Wildman–Crippen LogP) is 5.14. The van der Waals surface area contributed by atoms with Crippen molar-refractivity contribution < 1.29 is 24.2 Å². The first kappa shape index (κ1) is 36.8. The Morgan fingerprint density at radius 3 is 2.12 bits per heavy atom. The van der Waals surface area contributed by atoms with E-state index in [4.69, 9.17) is 9.47 Å². The van der Waals surface area contributed by atoms with Gasteiger partial charge in [-0.2, -0.15) is 0 Å². The molecule has 0 radical (unpaired) electrons. The van der Waals surface area contributed by atoms with E-state index in [1.807, 2.05) is 54.6 Å². The van der Waals surface area contributed by atoms with Gasteiger partial charge in [0.15, 0.2) is 0 Å². The molecule has 0 aliphatic rings. The molecular weight excluding hydrogens is 634 g/mol. The zero-order valence-corrected chi connectivity index (χ0v) is 28.0. The standard InChI is InChI=1S/C38H43N7O5/c1-28(39-20-22-49-24-25-50-23-21-40-36(47)31-12-7-4-8-13-31)43-38(45-33-16-18-35(46)19-17-33)44-29(2)42-34-15-9-14-32(26-34)37(48)41-27-30-10-5-3-6-11-30/h3-19,26,42,46H,2,20-25,27H2,1H3,(H,40,47)(H,41,48)(H2,39,43,44,45). The van der Waals surface area contributed by atoms with Crippen molar-refractivity contribution in [1.82, 2.24) is 16.0 Å². The number of amides is 2. The van der Waals surface area contributed by atoms with E-state index >= 15 is 0 Å². The van der Waals surface area contributed by atoms with Gasteiger partial charge >= 0.3 is 0 Å². The van der Waals surface area contributed by atoms with Crippen molar-refractivity contribution in [2.75, 3.05) is 50.2 Å². The lowest BCUT2D eigenvalue weighted by atomic mass is 10.1. The van der Waals surface area contributed by atoms with Crippen molar-refractivity contribution >= 4 is 35.0 Å². The fourth-order valence-corrected chi connectivity index (χ4v) is 4.45. The highest BCUT2D eigenvalue weighted by atomic mass is 16.5. The topological polar surface area (TPSA) is 158 Å². The summed E-state index contributed by atoms with van der Waals surface area (Å²) in [6.45, 7) is 8.59. The van der Waals surface area contributed by atoms with E-state index in [1.54, 1.807) is 61.5 Å². The second kappa shape index (κ2) is 20.4. The van der Waals surface area contributed by atoms with Crippen LogP contribution in [0, 0.1) is 0 Å². The average molecular weight is 678 g/mol. The first-order valence-corrected chi connectivity index (χ1v) is 16.2. The molecule has 2 amide bonds. The van der Waals surface area contributed by atoms with Gasteiger partial charge in [0.2, 0.25) is 5.96 Å². The lowest BCUT2D eigenvalue weighted by molar-refractivity contribution is 0.0512. The normalized spacial score (nSPS) is 11.4. The Balaban J connectivity index is 1.23.